The fourth-order valence-corrected chi connectivity index (χ4v) is 3.62. The van der Waals surface area contributed by atoms with Gasteiger partial charge >= 0.3 is 0 Å². The van der Waals surface area contributed by atoms with E-state index in [0.717, 1.165) is 9.87 Å². The zero-order valence-corrected chi connectivity index (χ0v) is 17.3. The summed E-state index contributed by atoms with van der Waals surface area (Å²) in [5.74, 6) is 0.768. The third kappa shape index (κ3) is 5.71. The fourth-order valence-electron chi connectivity index (χ4n) is 2.49. The van der Waals surface area contributed by atoms with E-state index >= 15 is 0 Å². The van der Waals surface area contributed by atoms with Crippen LogP contribution in [0.1, 0.15) is 12.5 Å². The minimum atomic E-state index is -3.73. The summed E-state index contributed by atoms with van der Waals surface area (Å²) >= 11 is 0. The lowest BCUT2D eigenvalue weighted by atomic mass is 10.2. The van der Waals surface area contributed by atoms with Crippen molar-refractivity contribution < 1.29 is 22.7 Å². The molecule has 2 aromatic carbocycles. The number of methoxy groups -OCH3 is 1. The molecule has 1 atom stereocenters. The average molecular weight is 407 g/mol. The van der Waals surface area contributed by atoms with E-state index in [-0.39, 0.29) is 24.1 Å². The van der Waals surface area contributed by atoms with E-state index in [1.54, 1.807) is 38.3 Å². The highest BCUT2D eigenvalue weighted by Crippen LogP contribution is 2.25. The normalized spacial score (nSPS) is 12.5. The number of nitrogens with zero attached hydrogens (tertiary/aromatic N) is 1. The lowest BCUT2D eigenvalue weighted by Gasteiger charge is -2.20. The monoisotopic (exact) mass is 406 g/mol. The van der Waals surface area contributed by atoms with Gasteiger partial charge in [-0.2, -0.15) is 4.31 Å². The van der Waals surface area contributed by atoms with Gasteiger partial charge in [0.1, 0.15) is 6.61 Å². The van der Waals surface area contributed by atoms with Crippen molar-refractivity contribution in [2.75, 3.05) is 27.3 Å². The molecule has 0 unspecified atom stereocenters. The third-order valence-electron chi connectivity index (χ3n) is 4.06. The van der Waals surface area contributed by atoms with Gasteiger partial charge < -0.3 is 14.8 Å². The molecule has 2 aromatic rings. The largest absolute Gasteiger partial charge is 0.493 e. The number of para-hydroxylation sites is 2. The maximum Gasteiger partial charge on any atom is 0.243 e. The van der Waals surface area contributed by atoms with Crippen LogP contribution in [0.2, 0.25) is 0 Å². The molecule has 0 aliphatic carbocycles. The van der Waals surface area contributed by atoms with E-state index in [1.807, 2.05) is 19.1 Å². The molecule has 1 amide bonds. The van der Waals surface area contributed by atoms with Gasteiger partial charge in [0.05, 0.1) is 24.6 Å². The molecule has 152 valence electrons. The van der Waals surface area contributed by atoms with Crippen molar-refractivity contribution in [3.05, 3.63) is 54.1 Å². The average Bonchev–Trinajstić information content (AvgIpc) is 2.66. The molecule has 0 heterocycles. The Morgan fingerprint density at radius 2 is 1.71 bits per heavy atom. The third-order valence-corrected chi connectivity index (χ3v) is 5.88. The Balaban J connectivity index is 1.89. The Morgan fingerprint density at radius 1 is 1.11 bits per heavy atom. The van der Waals surface area contributed by atoms with Gasteiger partial charge in [0.15, 0.2) is 11.5 Å². The molecule has 7 nitrogen and oxygen atoms in total. The minimum absolute atomic E-state index is 0.154. The van der Waals surface area contributed by atoms with E-state index < -0.39 is 15.9 Å². The predicted molar refractivity (Wildman–Crippen MR) is 107 cm³/mol. The molecule has 0 aliphatic rings. The van der Waals surface area contributed by atoms with Crippen LogP contribution >= 0.6 is 0 Å². The highest BCUT2D eigenvalue weighted by atomic mass is 32.2. The summed E-state index contributed by atoms with van der Waals surface area (Å²) < 4.78 is 37.0. The number of hydrogen-bond donors (Lipinski definition) is 1. The quantitative estimate of drug-likeness (QED) is 0.690. The number of nitrogens with one attached hydrogen (secondary N) is 1. The van der Waals surface area contributed by atoms with Crippen molar-refractivity contribution in [3.63, 3.8) is 0 Å². The number of amides is 1. The summed E-state index contributed by atoms with van der Waals surface area (Å²) in [4.78, 5) is 12.4. The van der Waals surface area contributed by atoms with Crippen LogP contribution in [0.4, 0.5) is 0 Å². The number of carbonyl (C=O) groups is 1. The van der Waals surface area contributed by atoms with Crippen LogP contribution in [0.25, 0.3) is 0 Å². The predicted octanol–water partition coefficient (Wildman–Crippen LogP) is 2.21. The fraction of sp³-hybridized carbons (Fsp3) is 0.350. The Kier molecular flexibility index (Phi) is 7.42. The number of sulfonamides is 1. The Hall–Kier alpha value is -2.58. The van der Waals surface area contributed by atoms with Crippen LogP contribution in [0.5, 0.6) is 11.5 Å². The van der Waals surface area contributed by atoms with Gasteiger partial charge in [0.25, 0.3) is 0 Å². The topological polar surface area (TPSA) is 84.9 Å². The molecule has 28 heavy (non-hydrogen) atoms. The van der Waals surface area contributed by atoms with Gasteiger partial charge in [-0.05, 0) is 38.1 Å². The Morgan fingerprint density at radius 3 is 2.32 bits per heavy atom. The molecule has 1 N–H and O–H groups in total. The molecular weight excluding hydrogens is 380 g/mol. The zero-order chi connectivity index (χ0) is 20.7. The van der Waals surface area contributed by atoms with Crippen molar-refractivity contribution in [1.29, 1.82) is 0 Å². The second kappa shape index (κ2) is 9.57. The second-order valence-electron chi connectivity index (χ2n) is 6.50. The molecule has 2 rings (SSSR count). The maximum absolute atomic E-state index is 12.6. The van der Waals surface area contributed by atoms with E-state index in [0.29, 0.717) is 11.5 Å². The van der Waals surface area contributed by atoms with Crippen molar-refractivity contribution in [2.24, 2.45) is 0 Å². The van der Waals surface area contributed by atoms with Crippen LogP contribution in [0.3, 0.4) is 0 Å². The molecule has 0 aliphatic heterocycles. The van der Waals surface area contributed by atoms with E-state index in [4.69, 9.17) is 9.47 Å². The van der Waals surface area contributed by atoms with Gasteiger partial charge in [-0.15, -0.1) is 0 Å². The highest BCUT2D eigenvalue weighted by Gasteiger charge is 2.23. The number of ether oxygens (including phenoxy) is 2. The molecular formula is C20H26N2O5S. The summed E-state index contributed by atoms with van der Waals surface area (Å²) in [7, 11) is -0.793. The van der Waals surface area contributed by atoms with Crippen molar-refractivity contribution in [1.82, 2.24) is 9.62 Å². The molecule has 0 aromatic heterocycles. The zero-order valence-electron chi connectivity index (χ0n) is 16.5. The van der Waals surface area contributed by atoms with Gasteiger partial charge in [0, 0.05) is 7.05 Å². The van der Waals surface area contributed by atoms with Gasteiger partial charge in [0.2, 0.25) is 15.9 Å². The molecule has 0 radical (unpaired) electrons. The van der Waals surface area contributed by atoms with Gasteiger partial charge in [-0.1, -0.05) is 29.8 Å². The van der Waals surface area contributed by atoms with Crippen LogP contribution in [-0.4, -0.2) is 52.0 Å². The van der Waals surface area contributed by atoms with Gasteiger partial charge in [-0.25, -0.2) is 8.42 Å². The van der Waals surface area contributed by atoms with E-state index in [2.05, 4.69) is 5.32 Å². The SMILES string of the molecule is COc1ccccc1OC[C@H](C)NC(=O)CN(C)S(=O)(=O)c1ccc(C)cc1. The summed E-state index contributed by atoms with van der Waals surface area (Å²) in [5, 5.41) is 2.74. The van der Waals surface area contributed by atoms with Crippen molar-refractivity contribution in [3.8, 4) is 11.5 Å². The number of rotatable bonds is 9. The van der Waals surface area contributed by atoms with Crippen LogP contribution in [0, 0.1) is 6.92 Å². The first-order chi connectivity index (χ1) is 13.2. The summed E-state index contributed by atoms with van der Waals surface area (Å²) in [6, 6.07) is 13.4. The number of carbonyl (C=O) groups excluding carboxylic acids is 1. The standard InChI is InChI=1S/C20H26N2O5S/c1-15-9-11-17(12-10-15)28(24,25)22(3)13-20(23)21-16(2)14-27-19-8-6-5-7-18(19)26-4/h5-12,16H,13-14H2,1-4H3,(H,21,23)/t16-/m0/s1. The molecule has 0 saturated carbocycles. The van der Waals surface area contributed by atoms with E-state index in [1.165, 1.54) is 19.2 Å². The Bertz CT molecular complexity index is 897. The smallest absolute Gasteiger partial charge is 0.243 e. The van der Waals surface area contributed by atoms with Gasteiger partial charge in [-0.3, -0.25) is 4.79 Å². The molecule has 8 heteroatoms. The number of benzene rings is 2. The van der Waals surface area contributed by atoms with Crippen LogP contribution in [0.15, 0.2) is 53.4 Å². The number of aryl methyl sites for hydroxylation is 1. The van der Waals surface area contributed by atoms with Crippen LogP contribution < -0.4 is 14.8 Å². The first-order valence-electron chi connectivity index (χ1n) is 8.82. The lowest BCUT2D eigenvalue weighted by molar-refractivity contribution is -0.121. The summed E-state index contributed by atoms with van der Waals surface area (Å²) in [6.45, 7) is 3.60. The number of likely N-dealkylation sites (N-methyl/N-ethyl adjacent to an activating group) is 1. The first kappa shape index (κ1) is 21.7. The molecule has 0 saturated heterocycles. The summed E-state index contributed by atoms with van der Waals surface area (Å²) in [5.41, 5.74) is 0.961. The molecule has 0 bridgehead atoms. The molecule has 0 fully saturated rings. The second-order valence-corrected chi connectivity index (χ2v) is 8.55. The summed E-state index contributed by atoms with van der Waals surface area (Å²) in [6.07, 6.45) is 0. The minimum Gasteiger partial charge on any atom is -0.493 e. The maximum atomic E-state index is 12.6. The Labute approximate surface area is 166 Å². The molecule has 0 spiro atoms. The first-order valence-corrected chi connectivity index (χ1v) is 10.3. The number of hydrogen-bond acceptors (Lipinski definition) is 5. The van der Waals surface area contributed by atoms with Crippen molar-refractivity contribution in [2.45, 2.75) is 24.8 Å². The van der Waals surface area contributed by atoms with Crippen LogP contribution in [-0.2, 0) is 14.8 Å². The highest BCUT2D eigenvalue weighted by molar-refractivity contribution is 7.89. The lowest BCUT2D eigenvalue weighted by Crippen LogP contribution is -2.43. The van der Waals surface area contributed by atoms with E-state index in [9.17, 15) is 13.2 Å². The van der Waals surface area contributed by atoms with Crippen molar-refractivity contribution >= 4 is 15.9 Å².